The molecule has 3 aromatic heterocycles. The Hall–Kier alpha value is -2.04. The van der Waals surface area contributed by atoms with Gasteiger partial charge in [0.25, 0.3) is 0 Å². The van der Waals surface area contributed by atoms with Crippen LogP contribution in [0.15, 0.2) is 61.2 Å². The average Bonchev–Trinajstić information content (AvgIpc) is 3.16. The Morgan fingerprint density at radius 3 is 2.19 bits per heavy atom. The summed E-state index contributed by atoms with van der Waals surface area (Å²) in [6.45, 7) is 5.76. The minimum absolute atomic E-state index is 0.378. The van der Waals surface area contributed by atoms with Gasteiger partial charge in [0.2, 0.25) is 0 Å². The summed E-state index contributed by atoms with van der Waals surface area (Å²) in [6, 6.07) is 12.5. The molecule has 1 atom stereocenters. The summed E-state index contributed by atoms with van der Waals surface area (Å²) in [7, 11) is 0. The van der Waals surface area contributed by atoms with Gasteiger partial charge < -0.3 is 8.87 Å². The normalized spacial score (nSPS) is 12.6. The van der Waals surface area contributed by atoms with Crippen molar-refractivity contribution in [3.05, 3.63) is 78.4 Å². The Morgan fingerprint density at radius 2 is 1.62 bits per heavy atom. The second-order valence-corrected chi connectivity index (χ2v) is 7.89. The van der Waals surface area contributed by atoms with Crippen LogP contribution < -0.4 is 0 Å². The lowest BCUT2D eigenvalue weighted by Crippen LogP contribution is -2.41. The third kappa shape index (κ3) is 5.75. The number of pyridine rings is 2. The maximum Gasteiger partial charge on any atom is 0.322 e. The monoisotopic (exact) mass is 364 g/mol. The van der Waals surface area contributed by atoms with Gasteiger partial charge in [-0.15, -0.1) is 0 Å². The zero-order chi connectivity index (χ0) is 18.2. The first-order valence-electron chi connectivity index (χ1n) is 8.91. The molecule has 0 saturated carbocycles. The first-order chi connectivity index (χ1) is 12.7. The first kappa shape index (κ1) is 18.7. The Labute approximate surface area is 163 Å². The number of hydrogen-bond donors (Lipinski definition) is 1. The number of aromatic nitrogens is 4. The number of hydrogen-bond acceptors (Lipinski definition) is 5. The van der Waals surface area contributed by atoms with Crippen LogP contribution in [0.4, 0.5) is 0 Å². The molecule has 0 spiro atoms. The average molecular weight is 364 g/mol. The zero-order valence-electron chi connectivity index (χ0n) is 15.4. The van der Waals surface area contributed by atoms with Crippen LogP contribution in [0, 0.1) is 0 Å². The van der Waals surface area contributed by atoms with Gasteiger partial charge in [-0.05, 0) is 37.7 Å². The number of nitrogens with zero attached hydrogens (tertiary/aromatic N) is 5. The van der Waals surface area contributed by atoms with Gasteiger partial charge in [0.1, 0.15) is 5.82 Å². The highest BCUT2D eigenvalue weighted by Crippen LogP contribution is 2.12. The summed E-state index contributed by atoms with van der Waals surface area (Å²) in [5, 5.41) is 0. The minimum atomic E-state index is 0.378. The van der Waals surface area contributed by atoms with Crippen molar-refractivity contribution >= 4 is 16.5 Å². The van der Waals surface area contributed by atoms with Crippen molar-refractivity contribution in [1.29, 1.82) is 0 Å². The molecule has 134 valence electrons. The van der Waals surface area contributed by atoms with Gasteiger partial charge in [-0.2, -0.15) is 0 Å². The van der Waals surface area contributed by atoms with E-state index in [9.17, 15) is 0 Å². The molecular weight excluding hydrogens is 339 g/mol. The molecule has 0 radical (unpaired) electrons. The standard InChI is InChI=1S/C19H23N6.Al.2H/c1-16(12-20-13-17-6-2-4-8-21-17)25(15-19-23-10-11-24-19)14-18-7-3-5-9-22-18;;;/h2-11,16H,12-15H2,1H3,(H,23,24);;;/q-1;+1;;. The topological polar surface area (TPSA) is 60.9 Å². The van der Waals surface area contributed by atoms with Crippen molar-refractivity contribution in [3.8, 4) is 0 Å². The summed E-state index contributed by atoms with van der Waals surface area (Å²) in [5.41, 5.74) is 2.20. The molecule has 1 unspecified atom stereocenters. The van der Waals surface area contributed by atoms with Crippen molar-refractivity contribution in [2.24, 2.45) is 0 Å². The van der Waals surface area contributed by atoms with Gasteiger partial charge >= 0.3 is 16.5 Å². The van der Waals surface area contributed by atoms with Crippen molar-refractivity contribution in [3.63, 3.8) is 0 Å². The molecule has 0 aromatic carbocycles. The third-order valence-corrected chi connectivity index (χ3v) is 5.04. The number of nitrogens with one attached hydrogen (secondary N) is 1. The fraction of sp³-hybridized carbons (Fsp3) is 0.316. The van der Waals surface area contributed by atoms with Crippen LogP contribution in [0.2, 0.25) is 0 Å². The quantitative estimate of drug-likeness (QED) is 0.585. The molecule has 0 amide bonds. The SMILES string of the molecule is CC(C[N]([AlH2])Cc1ccccn1)N(Cc1ccccn1)Cc1ncc[nH]1. The van der Waals surface area contributed by atoms with E-state index in [2.05, 4.69) is 47.8 Å². The van der Waals surface area contributed by atoms with E-state index in [0.29, 0.717) is 6.04 Å². The smallest absolute Gasteiger partial charge is 0.322 e. The van der Waals surface area contributed by atoms with E-state index in [1.54, 1.807) is 6.20 Å². The molecule has 3 aromatic rings. The largest absolute Gasteiger partial charge is 0.384 e. The number of imidazole rings is 1. The van der Waals surface area contributed by atoms with E-state index >= 15 is 0 Å². The van der Waals surface area contributed by atoms with Crippen LogP contribution in [0.5, 0.6) is 0 Å². The molecule has 0 aliphatic carbocycles. The van der Waals surface area contributed by atoms with Crippen LogP contribution in [0.25, 0.3) is 0 Å². The molecule has 0 aliphatic rings. The molecule has 0 aliphatic heterocycles. The highest BCUT2D eigenvalue weighted by atomic mass is 27.1. The third-order valence-electron chi connectivity index (χ3n) is 4.36. The molecule has 1 N–H and O–H groups in total. The van der Waals surface area contributed by atoms with E-state index in [-0.39, 0.29) is 0 Å². The molecule has 0 bridgehead atoms. The van der Waals surface area contributed by atoms with Crippen LogP contribution in [-0.4, -0.2) is 57.8 Å². The van der Waals surface area contributed by atoms with Crippen molar-refractivity contribution < 1.29 is 0 Å². The second kappa shape index (κ2) is 9.60. The Kier molecular flexibility index (Phi) is 6.92. The van der Waals surface area contributed by atoms with Crippen LogP contribution >= 0.6 is 0 Å². The predicted octanol–water partition coefficient (Wildman–Crippen LogP) is 1.64. The van der Waals surface area contributed by atoms with Gasteiger partial charge in [-0.1, -0.05) is 12.1 Å². The van der Waals surface area contributed by atoms with Crippen molar-refractivity contribution in [2.75, 3.05) is 6.54 Å². The van der Waals surface area contributed by atoms with Gasteiger partial charge in [-0.3, -0.25) is 14.9 Å². The van der Waals surface area contributed by atoms with E-state index in [1.807, 2.05) is 42.9 Å². The van der Waals surface area contributed by atoms with E-state index in [0.717, 1.165) is 59.9 Å². The van der Waals surface area contributed by atoms with Crippen LogP contribution in [-0.2, 0) is 19.6 Å². The number of rotatable bonds is 9. The van der Waals surface area contributed by atoms with Gasteiger partial charge in [-0.25, -0.2) is 4.98 Å². The molecule has 3 rings (SSSR count). The predicted molar refractivity (Wildman–Crippen MR) is 105 cm³/mol. The number of aromatic amines is 1. The fourth-order valence-corrected chi connectivity index (χ4v) is 3.90. The van der Waals surface area contributed by atoms with Gasteiger partial charge in [0.05, 0.1) is 17.9 Å². The molecule has 3 heterocycles. The summed E-state index contributed by atoms with van der Waals surface area (Å²) < 4.78 is 2.44. The van der Waals surface area contributed by atoms with Crippen LogP contribution in [0.1, 0.15) is 24.1 Å². The van der Waals surface area contributed by atoms with Crippen molar-refractivity contribution in [2.45, 2.75) is 32.6 Å². The second-order valence-electron chi connectivity index (χ2n) is 6.63. The molecule has 7 heteroatoms. The Balaban J connectivity index is 1.64. The number of H-pyrrole nitrogens is 1. The van der Waals surface area contributed by atoms with Crippen molar-refractivity contribution in [1.82, 2.24) is 28.7 Å². The maximum atomic E-state index is 4.49. The first-order valence-corrected chi connectivity index (χ1v) is 9.81. The van der Waals surface area contributed by atoms with Gasteiger partial charge in [0, 0.05) is 43.9 Å². The molecule has 26 heavy (non-hydrogen) atoms. The molecular formula is C19H25AlN6. The Bertz CT molecular complexity index is 750. The Morgan fingerprint density at radius 1 is 0.923 bits per heavy atom. The molecule has 6 nitrogen and oxygen atoms in total. The lowest BCUT2D eigenvalue weighted by Gasteiger charge is -2.32. The van der Waals surface area contributed by atoms with E-state index in [4.69, 9.17) is 0 Å². The zero-order valence-corrected chi connectivity index (χ0v) is 17.4. The summed E-state index contributed by atoms with van der Waals surface area (Å²) >= 11 is 0.996. The highest BCUT2D eigenvalue weighted by molar-refractivity contribution is 6.04. The lowest BCUT2D eigenvalue weighted by molar-refractivity contribution is 0.160. The summed E-state index contributed by atoms with van der Waals surface area (Å²) in [5.74, 6) is 0.984. The highest BCUT2D eigenvalue weighted by Gasteiger charge is 2.18. The van der Waals surface area contributed by atoms with Gasteiger partial charge in [0.15, 0.2) is 0 Å². The van der Waals surface area contributed by atoms with E-state index in [1.165, 1.54) is 0 Å². The van der Waals surface area contributed by atoms with E-state index < -0.39 is 0 Å². The molecule has 0 saturated heterocycles. The minimum Gasteiger partial charge on any atom is -0.384 e. The molecule has 0 fully saturated rings. The lowest BCUT2D eigenvalue weighted by atomic mass is 10.2. The fourth-order valence-electron chi connectivity index (χ4n) is 3.04. The summed E-state index contributed by atoms with van der Waals surface area (Å²) in [6.07, 6.45) is 7.39. The maximum absolute atomic E-state index is 4.49. The summed E-state index contributed by atoms with van der Waals surface area (Å²) in [4.78, 5) is 19.0. The van der Waals surface area contributed by atoms with Crippen LogP contribution in [0.3, 0.4) is 0 Å².